The van der Waals surface area contributed by atoms with Gasteiger partial charge in [-0.15, -0.1) is 0 Å². The molecule has 7 heteroatoms. The molecular formula is C7H3BrF2N2OS. The van der Waals surface area contributed by atoms with E-state index in [1.165, 1.54) is 0 Å². The van der Waals surface area contributed by atoms with Crippen LogP contribution in [0.1, 0.15) is 0 Å². The zero-order valence-electron chi connectivity index (χ0n) is 6.51. The van der Waals surface area contributed by atoms with Gasteiger partial charge in [0.15, 0.2) is 16.3 Å². The number of halogens is 3. The number of hydrogen-bond donors (Lipinski definition) is 2. The second kappa shape index (κ2) is 3.39. The van der Waals surface area contributed by atoms with Crippen LogP contribution in [-0.2, 0) is 0 Å². The minimum absolute atomic E-state index is 0.0273. The third kappa shape index (κ3) is 1.46. The van der Waals surface area contributed by atoms with E-state index >= 15 is 0 Å². The number of rotatable bonds is 0. The molecule has 0 saturated heterocycles. The van der Waals surface area contributed by atoms with Crippen molar-refractivity contribution < 1.29 is 13.9 Å². The van der Waals surface area contributed by atoms with Crippen LogP contribution in [0.5, 0.6) is 5.75 Å². The van der Waals surface area contributed by atoms with Crippen LogP contribution in [0.3, 0.4) is 0 Å². The summed E-state index contributed by atoms with van der Waals surface area (Å²) in [6.07, 6.45) is 0. The molecule has 0 aromatic heterocycles. The normalized spacial score (nSPS) is 14.4. The van der Waals surface area contributed by atoms with Crippen LogP contribution in [0.4, 0.5) is 14.5 Å². The van der Waals surface area contributed by atoms with Gasteiger partial charge in [-0.2, -0.15) is 4.39 Å². The van der Waals surface area contributed by atoms with E-state index in [1.807, 2.05) is 0 Å². The molecule has 1 aliphatic heterocycles. The van der Waals surface area contributed by atoms with E-state index in [9.17, 15) is 13.9 Å². The summed E-state index contributed by atoms with van der Waals surface area (Å²) in [6, 6.07) is 0.977. The van der Waals surface area contributed by atoms with Crippen LogP contribution >= 0.6 is 27.9 Å². The number of hydrogen-bond acceptors (Lipinski definition) is 4. The van der Waals surface area contributed by atoms with E-state index in [0.717, 1.165) is 18.0 Å². The van der Waals surface area contributed by atoms with Crippen molar-refractivity contribution in [2.75, 3.05) is 0 Å². The van der Waals surface area contributed by atoms with Gasteiger partial charge in [0.25, 0.3) is 0 Å². The van der Waals surface area contributed by atoms with Crippen LogP contribution < -0.4 is 4.72 Å². The van der Waals surface area contributed by atoms with E-state index < -0.39 is 17.4 Å². The first-order valence-electron chi connectivity index (χ1n) is 3.47. The largest absolute Gasteiger partial charge is 0.503 e. The van der Waals surface area contributed by atoms with Gasteiger partial charge in [-0.25, -0.2) is 9.38 Å². The van der Waals surface area contributed by atoms with Crippen molar-refractivity contribution in [3.8, 4) is 5.75 Å². The van der Waals surface area contributed by atoms with Crippen LogP contribution in [0, 0.1) is 11.6 Å². The minimum Gasteiger partial charge on any atom is -0.503 e. The second-order valence-corrected chi connectivity index (χ2v) is 4.07. The van der Waals surface area contributed by atoms with Crippen molar-refractivity contribution in [2.24, 2.45) is 4.99 Å². The summed E-state index contributed by atoms with van der Waals surface area (Å²) in [7, 11) is 0. The zero-order valence-corrected chi connectivity index (χ0v) is 8.92. The van der Waals surface area contributed by atoms with Crippen molar-refractivity contribution in [1.82, 2.24) is 4.72 Å². The molecule has 2 N–H and O–H groups in total. The van der Waals surface area contributed by atoms with Crippen LogP contribution in [0.15, 0.2) is 16.0 Å². The Morgan fingerprint density at radius 3 is 2.93 bits per heavy atom. The van der Waals surface area contributed by atoms with Gasteiger partial charge in [0, 0.05) is 0 Å². The van der Waals surface area contributed by atoms with E-state index in [-0.39, 0.29) is 5.69 Å². The number of fused-ring (bicyclic) bond motifs is 1. The number of nitrogens with one attached hydrogen (secondary N) is 1. The quantitative estimate of drug-likeness (QED) is 0.567. The molecule has 0 unspecified atom stereocenters. The average molecular weight is 281 g/mol. The monoisotopic (exact) mass is 280 g/mol. The van der Waals surface area contributed by atoms with Gasteiger partial charge in [0.2, 0.25) is 5.82 Å². The number of benzene rings is 1. The Morgan fingerprint density at radius 2 is 2.21 bits per heavy atom. The van der Waals surface area contributed by atoms with Gasteiger partial charge in [0.1, 0.15) is 5.69 Å². The molecule has 0 aliphatic carbocycles. The smallest absolute Gasteiger partial charge is 0.202 e. The third-order valence-electron chi connectivity index (χ3n) is 1.59. The lowest BCUT2D eigenvalue weighted by molar-refractivity contribution is 0.406. The molecule has 3 nitrogen and oxygen atoms in total. The molecule has 0 fully saturated rings. The molecule has 1 aromatic rings. The van der Waals surface area contributed by atoms with Gasteiger partial charge in [-0.05, 0) is 33.9 Å². The van der Waals surface area contributed by atoms with E-state index in [1.54, 1.807) is 0 Å². The molecule has 0 saturated carbocycles. The van der Waals surface area contributed by atoms with Crippen LogP contribution in [0.2, 0.25) is 0 Å². The highest BCUT2D eigenvalue weighted by molar-refractivity contribution is 9.18. The molecule has 1 aliphatic rings. The lowest BCUT2D eigenvalue weighted by Gasteiger charge is -2.14. The van der Waals surface area contributed by atoms with Crippen LogP contribution in [0.25, 0.3) is 0 Å². The molecular weight excluding hydrogens is 278 g/mol. The fraction of sp³-hybridized carbons (Fsp3) is 0. The zero-order chi connectivity index (χ0) is 10.3. The Bertz CT molecular complexity index is 438. The number of aromatic hydroxyl groups is 1. The summed E-state index contributed by atoms with van der Waals surface area (Å²) in [6.45, 7) is 0. The molecule has 0 bridgehead atoms. The maximum atomic E-state index is 12.9. The van der Waals surface area contributed by atoms with Crippen molar-refractivity contribution in [3.05, 3.63) is 17.7 Å². The van der Waals surface area contributed by atoms with E-state index in [2.05, 4.69) is 25.6 Å². The summed E-state index contributed by atoms with van der Waals surface area (Å²) in [5, 5.41) is 9.26. The maximum absolute atomic E-state index is 12.9. The molecule has 1 heterocycles. The predicted octanol–water partition coefficient (Wildman–Crippen LogP) is 2.66. The number of nitrogens with zero attached hydrogens (tertiary/aromatic N) is 1. The fourth-order valence-corrected chi connectivity index (χ4v) is 2.05. The van der Waals surface area contributed by atoms with Gasteiger partial charge in [-0.3, -0.25) is 0 Å². The summed E-state index contributed by atoms with van der Waals surface area (Å²) in [5.74, 6) is -3.15. The van der Waals surface area contributed by atoms with Crippen molar-refractivity contribution in [1.29, 1.82) is 0 Å². The first-order chi connectivity index (χ1) is 6.59. The van der Waals surface area contributed by atoms with Crippen molar-refractivity contribution >= 4 is 38.3 Å². The Morgan fingerprint density at radius 1 is 1.50 bits per heavy atom. The molecule has 0 amide bonds. The topological polar surface area (TPSA) is 44.6 Å². The predicted molar refractivity (Wildman–Crippen MR) is 53.0 cm³/mol. The Balaban J connectivity index is 2.68. The molecule has 0 spiro atoms. The maximum Gasteiger partial charge on any atom is 0.202 e. The van der Waals surface area contributed by atoms with E-state index in [0.29, 0.717) is 9.64 Å². The second-order valence-electron chi connectivity index (χ2n) is 2.47. The highest BCUT2D eigenvalue weighted by atomic mass is 79.9. The first kappa shape index (κ1) is 9.72. The number of aliphatic imine (C=N–C) groups is 1. The lowest BCUT2D eigenvalue weighted by atomic mass is 10.2. The molecule has 1 aromatic carbocycles. The number of amidine groups is 1. The fourth-order valence-electron chi connectivity index (χ4n) is 0.984. The Hall–Kier alpha value is -0.820. The minimum atomic E-state index is -1.28. The average Bonchev–Trinajstić information content (AvgIpc) is 2.16. The Kier molecular flexibility index (Phi) is 2.36. The van der Waals surface area contributed by atoms with Gasteiger partial charge < -0.3 is 9.83 Å². The third-order valence-corrected chi connectivity index (χ3v) is 3.05. The van der Waals surface area contributed by atoms with E-state index in [4.69, 9.17) is 0 Å². The summed E-state index contributed by atoms with van der Waals surface area (Å²) >= 11 is 4.07. The molecule has 14 heavy (non-hydrogen) atoms. The molecule has 0 radical (unpaired) electrons. The standard InChI is InChI=1S/C7H3BrF2N2OS/c8-7-11-5-3(14-12-7)1-2(9)4(10)6(5)13/h1,13H,(H,11,12). The van der Waals surface area contributed by atoms with Crippen molar-refractivity contribution in [2.45, 2.75) is 4.90 Å². The van der Waals surface area contributed by atoms with Gasteiger partial charge in [0.05, 0.1) is 4.90 Å². The van der Waals surface area contributed by atoms with Gasteiger partial charge in [-0.1, -0.05) is 0 Å². The van der Waals surface area contributed by atoms with Gasteiger partial charge >= 0.3 is 0 Å². The van der Waals surface area contributed by atoms with Crippen LogP contribution in [-0.4, -0.2) is 9.85 Å². The summed E-state index contributed by atoms with van der Waals surface area (Å²) in [4.78, 5) is 4.13. The first-order valence-corrected chi connectivity index (χ1v) is 5.08. The number of phenolic OH excluding ortho intramolecular Hbond substituents is 1. The number of phenols is 1. The highest BCUT2D eigenvalue weighted by Gasteiger charge is 2.21. The summed E-state index contributed by atoms with van der Waals surface area (Å²) < 4.78 is 28.8. The Labute approximate surface area is 90.5 Å². The lowest BCUT2D eigenvalue weighted by Crippen LogP contribution is -2.11. The van der Waals surface area contributed by atoms with Crippen molar-refractivity contribution in [3.63, 3.8) is 0 Å². The highest BCUT2D eigenvalue weighted by Crippen LogP contribution is 2.41. The summed E-state index contributed by atoms with van der Waals surface area (Å²) in [5.41, 5.74) is 0.0273. The SMILES string of the molecule is Oc1c(F)c(F)cc2c1N=C(Br)NS2. The molecule has 74 valence electrons. The molecule has 2 rings (SSSR count). The molecule has 0 atom stereocenters.